The molecule has 4 nitrogen and oxygen atoms in total. The SMILES string of the molecule is CCOC(=O)/C=C/CN1CCC(N(CC)CC)C1. The third-order valence-corrected chi connectivity index (χ3v) is 3.48. The molecule has 18 heavy (non-hydrogen) atoms. The van der Waals surface area contributed by atoms with Crippen LogP contribution in [-0.4, -0.2) is 61.1 Å². The molecule has 0 spiro atoms. The van der Waals surface area contributed by atoms with Crippen molar-refractivity contribution in [1.29, 1.82) is 0 Å². The van der Waals surface area contributed by atoms with Crippen molar-refractivity contribution >= 4 is 5.97 Å². The van der Waals surface area contributed by atoms with Gasteiger partial charge in [-0.3, -0.25) is 9.80 Å². The summed E-state index contributed by atoms with van der Waals surface area (Å²) in [5.74, 6) is -0.239. The topological polar surface area (TPSA) is 32.8 Å². The van der Waals surface area contributed by atoms with Crippen LogP contribution in [0.5, 0.6) is 0 Å². The van der Waals surface area contributed by atoms with E-state index >= 15 is 0 Å². The first-order chi connectivity index (χ1) is 8.71. The molecule has 1 rings (SSSR count). The quantitative estimate of drug-likeness (QED) is 0.509. The van der Waals surface area contributed by atoms with Gasteiger partial charge in [-0.1, -0.05) is 19.9 Å². The summed E-state index contributed by atoms with van der Waals surface area (Å²) < 4.78 is 4.85. The van der Waals surface area contributed by atoms with Gasteiger partial charge < -0.3 is 4.74 Å². The molecular formula is C14H26N2O2. The first kappa shape index (κ1) is 15.2. The van der Waals surface area contributed by atoms with Crippen molar-refractivity contribution in [1.82, 2.24) is 9.80 Å². The van der Waals surface area contributed by atoms with Gasteiger partial charge in [0.15, 0.2) is 0 Å². The van der Waals surface area contributed by atoms with Crippen LogP contribution in [0.3, 0.4) is 0 Å². The number of nitrogens with zero attached hydrogens (tertiary/aromatic N) is 2. The van der Waals surface area contributed by atoms with Crippen LogP contribution in [-0.2, 0) is 9.53 Å². The number of carbonyl (C=O) groups excluding carboxylic acids is 1. The van der Waals surface area contributed by atoms with Gasteiger partial charge >= 0.3 is 5.97 Å². The number of rotatable bonds is 7. The van der Waals surface area contributed by atoms with Crippen LogP contribution in [0.25, 0.3) is 0 Å². The molecule has 0 aromatic heterocycles. The zero-order valence-electron chi connectivity index (χ0n) is 11.9. The normalized spacial score (nSPS) is 21.0. The van der Waals surface area contributed by atoms with Gasteiger partial charge in [0.05, 0.1) is 6.61 Å². The Morgan fingerprint density at radius 1 is 1.39 bits per heavy atom. The molecule has 0 amide bonds. The van der Waals surface area contributed by atoms with E-state index in [4.69, 9.17) is 4.74 Å². The molecule has 104 valence electrons. The third kappa shape index (κ3) is 4.78. The largest absolute Gasteiger partial charge is 0.463 e. The van der Waals surface area contributed by atoms with Crippen LogP contribution in [0.1, 0.15) is 27.2 Å². The Hall–Kier alpha value is -0.870. The molecule has 1 aliphatic heterocycles. The molecule has 1 heterocycles. The molecule has 0 aliphatic carbocycles. The maximum absolute atomic E-state index is 11.1. The molecule has 0 saturated carbocycles. The molecule has 1 unspecified atom stereocenters. The predicted octanol–water partition coefficient (Wildman–Crippen LogP) is 1.52. The second kappa shape index (κ2) is 8.27. The summed E-state index contributed by atoms with van der Waals surface area (Å²) in [7, 11) is 0. The van der Waals surface area contributed by atoms with Crippen LogP contribution in [0.15, 0.2) is 12.2 Å². The summed E-state index contributed by atoms with van der Waals surface area (Å²) in [4.78, 5) is 16.0. The maximum atomic E-state index is 11.1. The highest BCUT2D eigenvalue weighted by molar-refractivity contribution is 5.81. The molecule has 4 heteroatoms. The second-order valence-electron chi connectivity index (χ2n) is 4.58. The van der Waals surface area contributed by atoms with Gasteiger partial charge in [0, 0.05) is 31.8 Å². The predicted molar refractivity (Wildman–Crippen MR) is 73.5 cm³/mol. The Kier molecular flexibility index (Phi) is 6.98. The van der Waals surface area contributed by atoms with E-state index in [-0.39, 0.29) is 5.97 Å². The molecule has 0 bridgehead atoms. The Morgan fingerprint density at radius 2 is 2.11 bits per heavy atom. The fraction of sp³-hybridized carbons (Fsp3) is 0.786. The molecule has 1 fully saturated rings. The maximum Gasteiger partial charge on any atom is 0.330 e. The number of esters is 1. The summed E-state index contributed by atoms with van der Waals surface area (Å²) in [6, 6.07) is 0.677. The Morgan fingerprint density at radius 3 is 2.72 bits per heavy atom. The highest BCUT2D eigenvalue weighted by Crippen LogP contribution is 2.14. The summed E-state index contributed by atoms with van der Waals surface area (Å²) in [5.41, 5.74) is 0. The van der Waals surface area contributed by atoms with Crippen molar-refractivity contribution in [2.24, 2.45) is 0 Å². The van der Waals surface area contributed by atoms with Gasteiger partial charge in [0.1, 0.15) is 0 Å². The van der Waals surface area contributed by atoms with Gasteiger partial charge in [-0.05, 0) is 26.4 Å². The molecular weight excluding hydrogens is 228 g/mol. The average molecular weight is 254 g/mol. The van der Waals surface area contributed by atoms with Crippen molar-refractivity contribution in [2.75, 3.05) is 39.3 Å². The Labute approximate surface area is 111 Å². The van der Waals surface area contributed by atoms with Crippen LogP contribution < -0.4 is 0 Å². The molecule has 1 saturated heterocycles. The summed E-state index contributed by atoms with van der Waals surface area (Å²) in [6.07, 6.45) is 4.67. The smallest absolute Gasteiger partial charge is 0.330 e. The fourth-order valence-electron chi connectivity index (χ4n) is 2.50. The molecule has 0 aromatic carbocycles. The number of hydrogen-bond acceptors (Lipinski definition) is 4. The molecule has 1 aliphatic rings. The van der Waals surface area contributed by atoms with Crippen LogP contribution in [0.4, 0.5) is 0 Å². The van der Waals surface area contributed by atoms with Gasteiger partial charge in [0.25, 0.3) is 0 Å². The van der Waals surface area contributed by atoms with E-state index < -0.39 is 0 Å². The molecule has 0 aromatic rings. The first-order valence-corrected chi connectivity index (χ1v) is 7.00. The minimum absolute atomic E-state index is 0.239. The summed E-state index contributed by atoms with van der Waals surface area (Å²) >= 11 is 0. The third-order valence-electron chi connectivity index (χ3n) is 3.48. The Balaban J connectivity index is 2.28. The van der Waals surface area contributed by atoms with E-state index in [1.54, 1.807) is 0 Å². The van der Waals surface area contributed by atoms with Crippen molar-refractivity contribution in [3.05, 3.63) is 12.2 Å². The van der Waals surface area contributed by atoms with E-state index in [0.717, 1.165) is 32.7 Å². The minimum atomic E-state index is -0.239. The van der Waals surface area contributed by atoms with Crippen molar-refractivity contribution in [2.45, 2.75) is 33.2 Å². The average Bonchev–Trinajstić information content (AvgIpc) is 2.80. The van der Waals surface area contributed by atoms with E-state index in [1.165, 1.54) is 12.5 Å². The number of ether oxygens (including phenoxy) is 1. The minimum Gasteiger partial charge on any atom is -0.463 e. The summed E-state index contributed by atoms with van der Waals surface area (Å²) in [6.45, 7) is 12.0. The lowest BCUT2D eigenvalue weighted by atomic mass is 10.2. The molecule has 0 radical (unpaired) electrons. The number of likely N-dealkylation sites (N-methyl/N-ethyl adjacent to an activating group) is 1. The Bertz CT molecular complexity index is 275. The lowest BCUT2D eigenvalue weighted by molar-refractivity contribution is -0.137. The molecule has 1 atom stereocenters. The van der Waals surface area contributed by atoms with Crippen molar-refractivity contribution in [3.8, 4) is 0 Å². The molecule has 0 N–H and O–H groups in total. The fourth-order valence-corrected chi connectivity index (χ4v) is 2.50. The number of carbonyl (C=O) groups is 1. The highest BCUT2D eigenvalue weighted by atomic mass is 16.5. The highest BCUT2D eigenvalue weighted by Gasteiger charge is 2.25. The second-order valence-corrected chi connectivity index (χ2v) is 4.58. The van der Waals surface area contributed by atoms with E-state index in [0.29, 0.717) is 12.6 Å². The van der Waals surface area contributed by atoms with Gasteiger partial charge in [-0.2, -0.15) is 0 Å². The van der Waals surface area contributed by atoms with Crippen LogP contribution in [0.2, 0.25) is 0 Å². The van der Waals surface area contributed by atoms with Crippen molar-refractivity contribution < 1.29 is 9.53 Å². The van der Waals surface area contributed by atoms with E-state index in [9.17, 15) is 4.79 Å². The standard InChI is InChI=1S/C14H26N2O2/c1-4-16(5-2)13-9-11-15(12-13)10-7-8-14(17)18-6-3/h7-8,13H,4-6,9-12H2,1-3H3/b8-7+. The first-order valence-electron chi connectivity index (χ1n) is 7.00. The van der Waals surface area contributed by atoms with E-state index in [1.807, 2.05) is 13.0 Å². The number of likely N-dealkylation sites (tertiary alicyclic amines) is 1. The zero-order chi connectivity index (χ0) is 13.4. The van der Waals surface area contributed by atoms with Gasteiger partial charge in [0.2, 0.25) is 0 Å². The lowest BCUT2D eigenvalue weighted by Crippen LogP contribution is -2.37. The van der Waals surface area contributed by atoms with Gasteiger partial charge in [-0.25, -0.2) is 4.79 Å². The summed E-state index contributed by atoms with van der Waals surface area (Å²) in [5, 5.41) is 0. The lowest BCUT2D eigenvalue weighted by Gasteiger charge is -2.25. The zero-order valence-corrected chi connectivity index (χ0v) is 11.9. The monoisotopic (exact) mass is 254 g/mol. The van der Waals surface area contributed by atoms with Gasteiger partial charge in [-0.15, -0.1) is 0 Å². The number of hydrogen-bond donors (Lipinski definition) is 0. The van der Waals surface area contributed by atoms with Crippen LogP contribution >= 0.6 is 0 Å². The van der Waals surface area contributed by atoms with Crippen LogP contribution in [0, 0.1) is 0 Å². The van der Waals surface area contributed by atoms with Crippen molar-refractivity contribution in [3.63, 3.8) is 0 Å². The van der Waals surface area contributed by atoms with E-state index in [2.05, 4.69) is 23.6 Å².